The van der Waals surface area contributed by atoms with Gasteiger partial charge >= 0.3 is 0 Å². The van der Waals surface area contributed by atoms with Crippen molar-refractivity contribution in [2.24, 2.45) is 0 Å². The van der Waals surface area contributed by atoms with Crippen molar-refractivity contribution in [1.29, 1.82) is 0 Å². The van der Waals surface area contributed by atoms with Crippen molar-refractivity contribution in [2.75, 3.05) is 25.0 Å². The fraction of sp³-hybridized carbons (Fsp3) is 0.278. The third-order valence-corrected chi connectivity index (χ3v) is 3.70. The number of aliphatic hydroxyl groups excluding tert-OH is 1. The van der Waals surface area contributed by atoms with Gasteiger partial charge in [-0.15, -0.1) is 0 Å². The predicted molar refractivity (Wildman–Crippen MR) is 95.5 cm³/mol. The lowest BCUT2D eigenvalue weighted by atomic mass is 10.1. The Morgan fingerprint density at radius 3 is 2.52 bits per heavy atom. The molecule has 0 bridgehead atoms. The van der Waals surface area contributed by atoms with Gasteiger partial charge in [0.2, 0.25) is 0 Å². The Balaban J connectivity index is 2.38. The summed E-state index contributed by atoms with van der Waals surface area (Å²) in [4.78, 5) is 25.2. The summed E-state index contributed by atoms with van der Waals surface area (Å²) in [6.45, 7) is 2.52. The van der Waals surface area contributed by atoms with Gasteiger partial charge in [-0.05, 0) is 18.6 Å². The molecule has 2 aromatic rings. The van der Waals surface area contributed by atoms with E-state index in [0.29, 0.717) is 13.1 Å². The Morgan fingerprint density at radius 2 is 1.92 bits per heavy atom. The van der Waals surface area contributed by atoms with E-state index in [2.05, 4.69) is 5.32 Å². The molecular weight excluding hydrogens is 322 g/mol. The van der Waals surface area contributed by atoms with E-state index in [0.717, 1.165) is 5.56 Å². The summed E-state index contributed by atoms with van der Waals surface area (Å²) < 4.78 is 0. The highest BCUT2D eigenvalue weighted by molar-refractivity contribution is 6.01. The van der Waals surface area contributed by atoms with E-state index in [1.807, 2.05) is 30.3 Å². The average molecular weight is 343 g/mol. The molecule has 0 aliphatic carbocycles. The molecule has 25 heavy (non-hydrogen) atoms. The number of carbonyl (C=O) groups is 1. The number of rotatable bonds is 8. The van der Waals surface area contributed by atoms with Crippen LogP contribution in [0.5, 0.6) is 0 Å². The Bertz CT molecular complexity index is 734. The van der Waals surface area contributed by atoms with E-state index in [1.54, 1.807) is 13.0 Å². The third kappa shape index (κ3) is 4.54. The van der Waals surface area contributed by atoms with Gasteiger partial charge in [0, 0.05) is 25.7 Å². The first-order valence-corrected chi connectivity index (χ1v) is 8.03. The second kappa shape index (κ2) is 8.79. The van der Waals surface area contributed by atoms with Crippen LogP contribution in [0.4, 0.5) is 11.4 Å². The predicted octanol–water partition coefficient (Wildman–Crippen LogP) is 2.66. The maximum Gasteiger partial charge on any atom is 0.293 e. The number of hydrogen-bond acceptors (Lipinski definition) is 5. The molecule has 0 atom stereocenters. The zero-order valence-corrected chi connectivity index (χ0v) is 14.0. The Kier molecular flexibility index (Phi) is 6.47. The molecule has 0 aromatic heterocycles. The number of aliphatic hydroxyl groups is 1. The molecule has 2 rings (SSSR count). The van der Waals surface area contributed by atoms with Crippen molar-refractivity contribution in [1.82, 2.24) is 4.90 Å². The number of nitrogens with zero attached hydrogens (tertiary/aromatic N) is 2. The van der Waals surface area contributed by atoms with Crippen molar-refractivity contribution in [3.63, 3.8) is 0 Å². The summed E-state index contributed by atoms with van der Waals surface area (Å²) in [7, 11) is 0. The van der Waals surface area contributed by atoms with Crippen LogP contribution >= 0.6 is 0 Å². The summed E-state index contributed by atoms with van der Waals surface area (Å²) >= 11 is 0. The molecule has 0 spiro atoms. The van der Waals surface area contributed by atoms with Crippen LogP contribution in [0.3, 0.4) is 0 Å². The fourth-order valence-corrected chi connectivity index (χ4v) is 2.58. The van der Waals surface area contributed by atoms with Gasteiger partial charge in [-0.3, -0.25) is 14.9 Å². The minimum absolute atomic E-state index is 0.141. The van der Waals surface area contributed by atoms with Crippen LogP contribution in [0, 0.1) is 10.1 Å². The average Bonchev–Trinajstić information content (AvgIpc) is 2.62. The van der Waals surface area contributed by atoms with E-state index < -0.39 is 4.92 Å². The van der Waals surface area contributed by atoms with Gasteiger partial charge in [-0.1, -0.05) is 36.4 Å². The molecule has 2 aromatic carbocycles. The summed E-state index contributed by atoms with van der Waals surface area (Å²) in [5.74, 6) is -0.363. The Morgan fingerprint density at radius 1 is 1.20 bits per heavy atom. The first-order chi connectivity index (χ1) is 12.1. The maximum atomic E-state index is 13.0. The van der Waals surface area contributed by atoms with Gasteiger partial charge in [0.1, 0.15) is 5.69 Å². The van der Waals surface area contributed by atoms with Gasteiger partial charge in [0.25, 0.3) is 11.6 Å². The van der Waals surface area contributed by atoms with E-state index in [4.69, 9.17) is 0 Å². The molecule has 132 valence electrons. The molecule has 0 aliphatic heterocycles. The van der Waals surface area contributed by atoms with Crippen LogP contribution in [-0.2, 0) is 6.54 Å². The molecule has 0 aliphatic rings. The van der Waals surface area contributed by atoms with Crippen LogP contribution in [0.2, 0.25) is 0 Å². The highest BCUT2D eigenvalue weighted by atomic mass is 16.6. The van der Waals surface area contributed by atoms with Crippen molar-refractivity contribution in [3.05, 3.63) is 69.8 Å². The summed E-state index contributed by atoms with van der Waals surface area (Å²) in [5, 5.41) is 23.5. The molecule has 1 amide bonds. The molecule has 0 saturated heterocycles. The third-order valence-electron chi connectivity index (χ3n) is 3.70. The van der Waals surface area contributed by atoms with Crippen molar-refractivity contribution in [3.8, 4) is 0 Å². The van der Waals surface area contributed by atoms with Crippen LogP contribution in [0.1, 0.15) is 22.8 Å². The highest BCUT2D eigenvalue weighted by Gasteiger charge is 2.24. The first-order valence-electron chi connectivity index (χ1n) is 8.03. The number of nitrogens with one attached hydrogen (secondary N) is 1. The second-order valence-electron chi connectivity index (χ2n) is 5.42. The SMILES string of the molecule is CCNc1c(C(=O)N(CCO)Cc2ccccc2)cccc1[N+](=O)[O-]. The van der Waals surface area contributed by atoms with Gasteiger partial charge in [-0.25, -0.2) is 0 Å². The lowest BCUT2D eigenvalue weighted by Gasteiger charge is -2.23. The molecule has 7 heteroatoms. The van der Waals surface area contributed by atoms with E-state index in [-0.39, 0.29) is 36.0 Å². The fourth-order valence-electron chi connectivity index (χ4n) is 2.58. The number of nitro groups is 1. The van der Waals surface area contributed by atoms with Crippen molar-refractivity contribution in [2.45, 2.75) is 13.5 Å². The molecule has 0 heterocycles. The van der Waals surface area contributed by atoms with Crippen molar-refractivity contribution >= 4 is 17.3 Å². The normalized spacial score (nSPS) is 10.3. The number of hydrogen-bond donors (Lipinski definition) is 2. The van der Waals surface area contributed by atoms with Crippen LogP contribution < -0.4 is 5.32 Å². The van der Waals surface area contributed by atoms with Gasteiger partial charge < -0.3 is 15.3 Å². The smallest absolute Gasteiger partial charge is 0.293 e. The molecule has 0 saturated carbocycles. The first kappa shape index (κ1) is 18.4. The molecule has 2 N–H and O–H groups in total. The zero-order valence-electron chi connectivity index (χ0n) is 14.0. The Labute approximate surface area is 146 Å². The number of carbonyl (C=O) groups excluding carboxylic acids is 1. The molecule has 0 radical (unpaired) electrons. The van der Waals surface area contributed by atoms with Gasteiger partial charge in [0.05, 0.1) is 17.1 Å². The molecule has 0 fully saturated rings. The van der Waals surface area contributed by atoms with Crippen molar-refractivity contribution < 1.29 is 14.8 Å². The summed E-state index contributed by atoms with van der Waals surface area (Å²) in [6, 6.07) is 13.8. The van der Waals surface area contributed by atoms with E-state index >= 15 is 0 Å². The minimum Gasteiger partial charge on any atom is -0.395 e. The zero-order chi connectivity index (χ0) is 18.2. The van der Waals surface area contributed by atoms with Crippen LogP contribution in [0.25, 0.3) is 0 Å². The number of anilines is 1. The number of para-hydroxylation sites is 1. The second-order valence-corrected chi connectivity index (χ2v) is 5.42. The Hall–Kier alpha value is -2.93. The lowest BCUT2D eigenvalue weighted by molar-refractivity contribution is -0.384. The van der Waals surface area contributed by atoms with E-state index in [9.17, 15) is 20.0 Å². The molecule has 0 unspecified atom stereocenters. The maximum absolute atomic E-state index is 13.0. The number of nitro benzene ring substituents is 1. The van der Waals surface area contributed by atoms with E-state index in [1.165, 1.54) is 17.0 Å². The number of benzene rings is 2. The van der Waals surface area contributed by atoms with Gasteiger partial charge in [0.15, 0.2) is 0 Å². The summed E-state index contributed by atoms with van der Waals surface area (Å²) in [6.07, 6.45) is 0. The van der Waals surface area contributed by atoms with Crippen LogP contribution in [-0.4, -0.2) is 40.5 Å². The lowest BCUT2D eigenvalue weighted by Crippen LogP contribution is -2.33. The monoisotopic (exact) mass is 343 g/mol. The number of amides is 1. The minimum atomic E-state index is -0.512. The van der Waals surface area contributed by atoms with Crippen LogP contribution in [0.15, 0.2) is 48.5 Å². The highest BCUT2D eigenvalue weighted by Crippen LogP contribution is 2.29. The topological polar surface area (TPSA) is 95.7 Å². The summed E-state index contributed by atoms with van der Waals surface area (Å²) in [5.41, 5.74) is 1.20. The largest absolute Gasteiger partial charge is 0.395 e. The molecular formula is C18H21N3O4. The standard InChI is InChI=1S/C18H21N3O4/c1-2-19-17-15(9-6-10-16(17)21(24)25)18(23)20(11-12-22)13-14-7-4-3-5-8-14/h3-10,19,22H,2,11-13H2,1H3. The van der Waals surface area contributed by atoms with Gasteiger partial charge in [-0.2, -0.15) is 0 Å². The molecule has 7 nitrogen and oxygen atoms in total. The quantitative estimate of drug-likeness (QED) is 0.567.